The molecule has 2 nitrogen and oxygen atoms in total. The molecule has 0 aliphatic carbocycles. The minimum Gasteiger partial charge on any atom is -0.377 e. The zero-order valence-corrected chi connectivity index (χ0v) is 12.0. The van der Waals surface area contributed by atoms with Gasteiger partial charge < -0.3 is 5.32 Å². The SMILES string of the molecule is CC(Nc1ccc(Br)nc1)c1ccc(F)c(Cl)c1. The molecule has 5 heteroatoms. The maximum atomic E-state index is 13.1. The van der Waals surface area contributed by atoms with E-state index < -0.39 is 5.82 Å². The van der Waals surface area contributed by atoms with Crippen LogP contribution in [0.3, 0.4) is 0 Å². The Kier molecular flexibility index (Phi) is 4.19. The van der Waals surface area contributed by atoms with Crippen LogP contribution in [0.2, 0.25) is 5.02 Å². The number of hydrogen-bond donors (Lipinski definition) is 1. The second-order valence-electron chi connectivity index (χ2n) is 3.91. The van der Waals surface area contributed by atoms with Crippen LogP contribution in [0.15, 0.2) is 41.1 Å². The normalized spacial score (nSPS) is 12.2. The van der Waals surface area contributed by atoms with Gasteiger partial charge in [0.05, 0.1) is 16.9 Å². The highest BCUT2D eigenvalue weighted by molar-refractivity contribution is 9.10. The van der Waals surface area contributed by atoms with Crippen LogP contribution in [0, 0.1) is 5.82 Å². The van der Waals surface area contributed by atoms with Crippen molar-refractivity contribution >= 4 is 33.2 Å². The van der Waals surface area contributed by atoms with Crippen molar-refractivity contribution in [2.75, 3.05) is 5.32 Å². The quantitative estimate of drug-likeness (QED) is 0.817. The Morgan fingerprint density at radius 2 is 2.11 bits per heavy atom. The van der Waals surface area contributed by atoms with E-state index in [4.69, 9.17) is 11.6 Å². The van der Waals surface area contributed by atoms with Gasteiger partial charge in [-0.15, -0.1) is 0 Å². The molecule has 1 aromatic heterocycles. The third-order valence-electron chi connectivity index (χ3n) is 2.55. The van der Waals surface area contributed by atoms with Gasteiger partial charge in [0.15, 0.2) is 0 Å². The lowest BCUT2D eigenvalue weighted by molar-refractivity contribution is 0.627. The van der Waals surface area contributed by atoms with Crippen molar-refractivity contribution in [1.82, 2.24) is 4.98 Å². The van der Waals surface area contributed by atoms with Crippen LogP contribution in [0.25, 0.3) is 0 Å². The lowest BCUT2D eigenvalue weighted by Crippen LogP contribution is -2.06. The molecule has 1 unspecified atom stereocenters. The number of pyridine rings is 1. The predicted octanol–water partition coefficient (Wildman–Crippen LogP) is 4.81. The molecule has 2 rings (SSSR count). The van der Waals surface area contributed by atoms with Crippen LogP contribution in [0.1, 0.15) is 18.5 Å². The maximum absolute atomic E-state index is 13.1. The second-order valence-corrected chi connectivity index (χ2v) is 5.13. The Bertz CT molecular complexity index is 545. The topological polar surface area (TPSA) is 24.9 Å². The van der Waals surface area contributed by atoms with Gasteiger partial charge in [-0.3, -0.25) is 0 Å². The Morgan fingerprint density at radius 3 is 2.72 bits per heavy atom. The largest absolute Gasteiger partial charge is 0.377 e. The lowest BCUT2D eigenvalue weighted by Gasteiger charge is -2.15. The smallest absolute Gasteiger partial charge is 0.141 e. The molecule has 1 atom stereocenters. The van der Waals surface area contributed by atoms with Crippen LogP contribution >= 0.6 is 27.5 Å². The van der Waals surface area contributed by atoms with E-state index in [1.54, 1.807) is 18.3 Å². The number of halogens is 3. The summed E-state index contributed by atoms with van der Waals surface area (Å²) in [5, 5.41) is 3.40. The zero-order valence-electron chi connectivity index (χ0n) is 9.62. The first-order valence-electron chi connectivity index (χ1n) is 5.39. The fourth-order valence-electron chi connectivity index (χ4n) is 1.58. The predicted molar refractivity (Wildman–Crippen MR) is 75.4 cm³/mol. The number of benzene rings is 1. The van der Waals surface area contributed by atoms with Gasteiger partial charge >= 0.3 is 0 Å². The zero-order chi connectivity index (χ0) is 13.1. The third-order valence-corrected chi connectivity index (χ3v) is 3.31. The molecule has 0 radical (unpaired) electrons. The summed E-state index contributed by atoms with van der Waals surface area (Å²) in [5.41, 5.74) is 1.82. The Hall–Kier alpha value is -1.13. The standard InChI is InChI=1S/C13H11BrClFN2/c1-8(9-2-4-12(16)11(15)6-9)18-10-3-5-13(14)17-7-10/h2-8,18H,1H3. The van der Waals surface area contributed by atoms with Gasteiger partial charge in [0.25, 0.3) is 0 Å². The molecule has 0 saturated heterocycles. The molecule has 1 aromatic carbocycles. The van der Waals surface area contributed by atoms with Crippen molar-refractivity contribution in [2.24, 2.45) is 0 Å². The minimum absolute atomic E-state index is 0.0195. The summed E-state index contributed by atoms with van der Waals surface area (Å²) >= 11 is 9.04. The fraction of sp³-hybridized carbons (Fsp3) is 0.154. The number of rotatable bonds is 3. The summed E-state index contributed by atoms with van der Waals surface area (Å²) < 4.78 is 13.8. The summed E-state index contributed by atoms with van der Waals surface area (Å²) in [5.74, 6) is -0.405. The second kappa shape index (κ2) is 5.67. The van der Waals surface area contributed by atoms with E-state index in [1.165, 1.54) is 6.07 Å². The molecule has 0 spiro atoms. The van der Waals surface area contributed by atoms with Crippen LogP contribution < -0.4 is 5.32 Å². The number of anilines is 1. The number of hydrogen-bond acceptors (Lipinski definition) is 2. The van der Waals surface area contributed by atoms with Crippen LogP contribution in [0.4, 0.5) is 10.1 Å². The minimum atomic E-state index is -0.405. The molecule has 1 heterocycles. The average Bonchev–Trinajstić information content (AvgIpc) is 2.35. The van der Waals surface area contributed by atoms with Gasteiger partial charge in [-0.05, 0) is 52.7 Å². The van der Waals surface area contributed by atoms with E-state index in [2.05, 4.69) is 26.2 Å². The van der Waals surface area contributed by atoms with Crippen LogP contribution in [-0.2, 0) is 0 Å². The van der Waals surface area contributed by atoms with Crippen molar-refractivity contribution in [2.45, 2.75) is 13.0 Å². The van der Waals surface area contributed by atoms with Gasteiger partial charge in [0.1, 0.15) is 10.4 Å². The Labute approximate surface area is 118 Å². The number of nitrogens with one attached hydrogen (secondary N) is 1. The summed E-state index contributed by atoms with van der Waals surface area (Å²) in [7, 11) is 0. The van der Waals surface area contributed by atoms with Gasteiger partial charge in [-0.25, -0.2) is 9.37 Å². The maximum Gasteiger partial charge on any atom is 0.141 e. The molecule has 0 amide bonds. The summed E-state index contributed by atoms with van der Waals surface area (Å²) in [6, 6.07) is 8.50. The highest BCUT2D eigenvalue weighted by Gasteiger charge is 2.08. The van der Waals surface area contributed by atoms with E-state index in [0.29, 0.717) is 0 Å². The van der Waals surface area contributed by atoms with Gasteiger partial charge in [-0.2, -0.15) is 0 Å². The Balaban J connectivity index is 2.13. The molecule has 18 heavy (non-hydrogen) atoms. The monoisotopic (exact) mass is 328 g/mol. The molecule has 2 aromatic rings. The first kappa shape index (κ1) is 13.3. The van der Waals surface area contributed by atoms with E-state index in [1.807, 2.05) is 19.1 Å². The van der Waals surface area contributed by atoms with Crippen molar-refractivity contribution in [3.05, 3.63) is 57.5 Å². The third kappa shape index (κ3) is 3.21. The fourth-order valence-corrected chi connectivity index (χ4v) is 2.00. The summed E-state index contributed by atoms with van der Waals surface area (Å²) in [6.07, 6.45) is 1.73. The van der Waals surface area contributed by atoms with Gasteiger partial charge in [-0.1, -0.05) is 17.7 Å². The molecule has 94 valence electrons. The lowest BCUT2D eigenvalue weighted by atomic mass is 10.1. The number of aromatic nitrogens is 1. The summed E-state index contributed by atoms with van der Waals surface area (Å²) in [4.78, 5) is 4.13. The van der Waals surface area contributed by atoms with Gasteiger partial charge in [0, 0.05) is 6.04 Å². The van der Waals surface area contributed by atoms with Crippen molar-refractivity contribution < 1.29 is 4.39 Å². The molecule has 0 fully saturated rings. The van der Waals surface area contributed by atoms with Crippen molar-refractivity contribution in [3.63, 3.8) is 0 Å². The highest BCUT2D eigenvalue weighted by atomic mass is 79.9. The molecule has 0 aliphatic rings. The van der Waals surface area contributed by atoms with E-state index in [0.717, 1.165) is 15.9 Å². The van der Waals surface area contributed by atoms with Crippen molar-refractivity contribution in [1.29, 1.82) is 0 Å². The van der Waals surface area contributed by atoms with E-state index in [-0.39, 0.29) is 11.1 Å². The molecular formula is C13H11BrClFN2. The molecule has 1 N–H and O–H groups in total. The van der Waals surface area contributed by atoms with Crippen LogP contribution in [-0.4, -0.2) is 4.98 Å². The Morgan fingerprint density at radius 1 is 1.33 bits per heavy atom. The molecular weight excluding hydrogens is 319 g/mol. The first-order chi connectivity index (χ1) is 8.56. The van der Waals surface area contributed by atoms with E-state index >= 15 is 0 Å². The first-order valence-corrected chi connectivity index (χ1v) is 6.56. The highest BCUT2D eigenvalue weighted by Crippen LogP contribution is 2.23. The van der Waals surface area contributed by atoms with Gasteiger partial charge in [0.2, 0.25) is 0 Å². The molecule has 0 bridgehead atoms. The van der Waals surface area contributed by atoms with Crippen molar-refractivity contribution in [3.8, 4) is 0 Å². The molecule has 0 saturated carbocycles. The van der Waals surface area contributed by atoms with Crippen LogP contribution in [0.5, 0.6) is 0 Å². The number of nitrogens with zero attached hydrogens (tertiary/aromatic N) is 1. The average molecular weight is 330 g/mol. The molecule has 0 aliphatic heterocycles. The summed E-state index contributed by atoms with van der Waals surface area (Å²) in [6.45, 7) is 1.98. The van der Waals surface area contributed by atoms with E-state index in [9.17, 15) is 4.39 Å².